The van der Waals surface area contributed by atoms with E-state index in [0.29, 0.717) is 11.3 Å². The first kappa shape index (κ1) is 16.6. The van der Waals surface area contributed by atoms with Crippen LogP contribution in [0.15, 0.2) is 30.5 Å². The summed E-state index contributed by atoms with van der Waals surface area (Å²) in [6.45, 7) is 2.11. The number of hydrogen-bond acceptors (Lipinski definition) is 3. The summed E-state index contributed by atoms with van der Waals surface area (Å²) in [6.07, 6.45) is 4.56. The van der Waals surface area contributed by atoms with Crippen molar-refractivity contribution < 1.29 is 9.90 Å². The maximum atomic E-state index is 12.3. The third kappa shape index (κ3) is 4.12. The van der Waals surface area contributed by atoms with Crippen LogP contribution < -0.4 is 5.32 Å². The lowest BCUT2D eigenvalue weighted by Gasteiger charge is -2.08. The fraction of sp³-hybridized carbons (Fsp3) is 0.250. The molecule has 0 unspecified atom stereocenters. The zero-order chi connectivity index (χ0) is 16.1. The highest BCUT2D eigenvalue weighted by atomic mass is 35.5. The first-order valence-electron chi connectivity index (χ1n) is 6.95. The molecule has 0 saturated carbocycles. The molecule has 0 fully saturated rings. The molecule has 1 aromatic carbocycles. The first-order valence-corrected chi connectivity index (χ1v) is 7.71. The van der Waals surface area contributed by atoms with Crippen molar-refractivity contribution in [2.45, 2.75) is 26.2 Å². The topological polar surface area (TPSA) is 62.2 Å². The van der Waals surface area contributed by atoms with Gasteiger partial charge in [-0.05, 0) is 37.1 Å². The molecule has 0 bridgehead atoms. The zero-order valence-electron chi connectivity index (χ0n) is 12.1. The van der Waals surface area contributed by atoms with Crippen molar-refractivity contribution in [3.8, 4) is 5.75 Å². The van der Waals surface area contributed by atoms with Crippen LogP contribution in [0.25, 0.3) is 0 Å². The molecule has 1 amide bonds. The van der Waals surface area contributed by atoms with Crippen molar-refractivity contribution in [2.24, 2.45) is 0 Å². The molecular weight excluding hydrogens is 323 g/mol. The number of carbonyl (C=O) groups excluding carboxylic acids is 1. The largest absolute Gasteiger partial charge is 0.505 e. The Hall–Kier alpha value is -1.78. The van der Waals surface area contributed by atoms with Gasteiger partial charge in [0.2, 0.25) is 0 Å². The number of amides is 1. The van der Waals surface area contributed by atoms with Crippen LogP contribution in [0.2, 0.25) is 10.0 Å². The number of rotatable bonds is 5. The van der Waals surface area contributed by atoms with Crippen LogP contribution in [0.5, 0.6) is 5.75 Å². The lowest BCUT2D eigenvalue weighted by molar-refractivity contribution is 0.102. The lowest BCUT2D eigenvalue weighted by atomic mass is 10.1. The Morgan fingerprint density at radius 2 is 1.95 bits per heavy atom. The average Bonchev–Trinajstić information content (AvgIpc) is 2.50. The van der Waals surface area contributed by atoms with Crippen LogP contribution in [0.4, 0.5) is 5.69 Å². The summed E-state index contributed by atoms with van der Waals surface area (Å²) in [5.41, 5.74) is 1.82. The van der Waals surface area contributed by atoms with Gasteiger partial charge in [0.1, 0.15) is 0 Å². The summed E-state index contributed by atoms with van der Waals surface area (Å²) in [6, 6.07) is 6.31. The Labute approximate surface area is 139 Å². The molecule has 0 aliphatic rings. The summed E-state index contributed by atoms with van der Waals surface area (Å²) in [5, 5.41) is 12.4. The third-order valence-corrected chi connectivity index (χ3v) is 3.72. The quantitative estimate of drug-likeness (QED) is 0.777. The van der Waals surface area contributed by atoms with E-state index >= 15 is 0 Å². The molecule has 0 radical (unpaired) electrons. The Kier molecular flexibility index (Phi) is 5.63. The predicted octanol–water partition coefficient (Wildman–Crippen LogP) is 4.69. The van der Waals surface area contributed by atoms with E-state index < -0.39 is 0 Å². The highest BCUT2D eigenvalue weighted by Crippen LogP contribution is 2.34. The summed E-state index contributed by atoms with van der Waals surface area (Å²) >= 11 is 11.7. The third-order valence-electron chi connectivity index (χ3n) is 3.14. The SMILES string of the molecule is CCCCc1cc(C(=O)Nc2cc(Cl)c(O)c(Cl)c2)ccn1. The number of hydrogen-bond donors (Lipinski definition) is 2. The second-order valence-electron chi connectivity index (χ2n) is 4.88. The van der Waals surface area contributed by atoms with Gasteiger partial charge in [-0.2, -0.15) is 0 Å². The van der Waals surface area contributed by atoms with Crippen LogP contribution in [0, 0.1) is 0 Å². The standard InChI is InChI=1S/C16H16Cl2N2O2/c1-2-3-4-11-7-10(5-6-19-11)16(22)20-12-8-13(17)15(21)14(18)9-12/h5-9,21H,2-4H2,1H3,(H,20,22). The Bertz CT molecular complexity index is 667. The van der Waals surface area contributed by atoms with Crippen molar-refractivity contribution in [1.29, 1.82) is 0 Å². The van der Waals surface area contributed by atoms with Gasteiger partial charge >= 0.3 is 0 Å². The number of aromatic hydroxyl groups is 1. The first-order chi connectivity index (χ1) is 10.5. The van der Waals surface area contributed by atoms with Gasteiger partial charge in [0.25, 0.3) is 5.91 Å². The number of aryl methyl sites for hydroxylation is 1. The van der Waals surface area contributed by atoms with Gasteiger partial charge in [-0.3, -0.25) is 9.78 Å². The monoisotopic (exact) mass is 338 g/mol. The van der Waals surface area contributed by atoms with Gasteiger partial charge in [0, 0.05) is 23.1 Å². The molecule has 1 aromatic heterocycles. The van der Waals surface area contributed by atoms with E-state index in [1.54, 1.807) is 18.3 Å². The number of halogens is 2. The number of phenols is 1. The van der Waals surface area contributed by atoms with Gasteiger partial charge in [-0.25, -0.2) is 0 Å². The predicted molar refractivity (Wildman–Crippen MR) is 88.9 cm³/mol. The van der Waals surface area contributed by atoms with Crippen molar-refractivity contribution in [2.75, 3.05) is 5.32 Å². The van der Waals surface area contributed by atoms with E-state index in [1.165, 1.54) is 12.1 Å². The number of nitrogens with one attached hydrogen (secondary N) is 1. The van der Waals surface area contributed by atoms with E-state index in [0.717, 1.165) is 25.0 Å². The van der Waals surface area contributed by atoms with Gasteiger partial charge < -0.3 is 10.4 Å². The van der Waals surface area contributed by atoms with Crippen molar-refractivity contribution in [3.05, 3.63) is 51.8 Å². The molecule has 2 aromatic rings. The van der Waals surface area contributed by atoms with Crippen LogP contribution in [-0.2, 0) is 6.42 Å². The van der Waals surface area contributed by atoms with Crippen LogP contribution >= 0.6 is 23.2 Å². The molecule has 6 heteroatoms. The fourth-order valence-corrected chi connectivity index (χ4v) is 2.44. The molecule has 0 saturated heterocycles. The smallest absolute Gasteiger partial charge is 0.255 e. The molecule has 116 valence electrons. The average molecular weight is 339 g/mol. The van der Waals surface area contributed by atoms with Gasteiger partial charge in [0.15, 0.2) is 5.75 Å². The summed E-state index contributed by atoms with van der Waals surface area (Å²) in [4.78, 5) is 16.5. The number of aromatic nitrogens is 1. The number of phenolic OH excluding ortho intramolecular Hbond substituents is 1. The van der Waals surface area contributed by atoms with E-state index in [1.807, 2.05) is 0 Å². The number of nitrogens with zero attached hydrogens (tertiary/aromatic N) is 1. The fourth-order valence-electron chi connectivity index (χ4n) is 1.95. The number of pyridine rings is 1. The van der Waals surface area contributed by atoms with Crippen molar-refractivity contribution in [3.63, 3.8) is 0 Å². The molecule has 4 nitrogen and oxygen atoms in total. The number of carbonyl (C=O) groups is 1. The summed E-state index contributed by atoms with van der Waals surface area (Å²) < 4.78 is 0. The van der Waals surface area contributed by atoms with Crippen LogP contribution in [0.1, 0.15) is 35.8 Å². The van der Waals surface area contributed by atoms with E-state index in [9.17, 15) is 9.90 Å². The molecule has 2 rings (SSSR count). The molecule has 0 spiro atoms. The van der Waals surface area contributed by atoms with Crippen molar-refractivity contribution in [1.82, 2.24) is 4.98 Å². The second-order valence-corrected chi connectivity index (χ2v) is 5.70. The maximum Gasteiger partial charge on any atom is 0.255 e. The highest BCUT2D eigenvalue weighted by Gasteiger charge is 2.11. The van der Waals surface area contributed by atoms with Crippen LogP contribution in [0.3, 0.4) is 0 Å². The van der Waals surface area contributed by atoms with Gasteiger partial charge in [-0.15, -0.1) is 0 Å². The van der Waals surface area contributed by atoms with Gasteiger partial charge in [-0.1, -0.05) is 36.5 Å². The molecule has 0 aliphatic heterocycles. The van der Waals surface area contributed by atoms with E-state index in [2.05, 4.69) is 17.2 Å². The molecule has 2 N–H and O–H groups in total. The number of unbranched alkanes of at least 4 members (excludes halogenated alkanes) is 1. The minimum atomic E-state index is -0.280. The number of benzene rings is 1. The Balaban J connectivity index is 2.15. The zero-order valence-corrected chi connectivity index (χ0v) is 13.6. The van der Waals surface area contributed by atoms with E-state index in [-0.39, 0.29) is 21.7 Å². The summed E-state index contributed by atoms with van der Waals surface area (Å²) in [7, 11) is 0. The molecule has 22 heavy (non-hydrogen) atoms. The molecular formula is C16H16Cl2N2O2. The van der Waals surface area contributed by atoms with Crippen molar-refractivity contribution >= 4 is 34.8 Å². The maximum absolute atomic E-state index is 12.3. The second kappa shape index (κ2) is 7.47. The normalized spacial score (nSPS) is 10.5. The molecule has 0 atom stereocenters. The van der Waals surface area contributed by atoms with E-state index in [4.69, 9.17) is 23.2 Å². The molecule has 1 heterocycles. The minimum absolute atomic E-state index is 0.0844. The van der Waals surface area contributed by atoms with Gasteiger partial charge in [0.05, 0.1) is 10.0 Å². The minimum Gasteiger partial charge on any atom is -0.505 e. The number of anilines is 1. The Morgan fingerprint density at radius 3 is 2.59 bits per heavy atom. The highest BCUT2D eigenvalue weighted by molar-refractivity contribution is 6.37. The Morgan fingerprint density at radius 1 is 1.27 bits per heavy atom. The van der Waals surface area contributed by atoms with Crippen LogP contribution in [-0.4, -0.2) is 16.0 Å². The lowest BCUT2D eigenvalue weighted by Crippen LogP contribution is -2.12. The summed E-state index contributed by atoms with van der Waals surface area (Å²) in [5.74, 6) is -0.481. The molecule has 0 aliphatic carbocycles.